The molecule has 0 saturated carbocycles. The van der Waals surface area contributed by atoms with E-state index in [1.165, 1.54) is 6.21 Å². The summed E-state index contributed by atoms with van der Waals surface area (Å²) in [5, 5.41) is 11.3. The zero-order valence-electron chi connectivity index (χ0n) is 6.24. The van der Waals surface area contributed by atoms with Gasteiger partial charge in [0.15, 0.2) is 0 Å². The average molecular weight is 227 g/mol. The molecule has 0 aliphatic rings. The van der Waals surface area contributed by atoms with Gasteiger partial charge in [-0.15, -0.1) is 0 Å². The minimum Gasteiger partial charge on any atom is -0.411 e. The lowest BCUT2D eigenvalue weighted by Gasteiger charge is -2.00. The Kier molecular flexibility index (Phi) is 2.99. The smallest absolute Gasteiger partial charge is 0.0752 e. The number of aromatic nitrogens is 1. The third-order valence-corrected chi connectivity index (χ3v) is 2.01. The number of rotatable bonds is 2. The average Bonchev–Trinajstić information content (AvgIpc) is 2.09. The van der Waals surface area contributed by atoms with Crippen molar-refractivity contribution in [1.82, 2.24) is 4.98 Å². The summed E-state index contributed by atoms with van der Waals surface area (Å²) < 4.78 is 0.776. The topological polar surface area (TPSA) is 45.5 Å². The first kappa shape index (κ1) is 8.93. The van der Waals surface area contributed by atoms with E-state index in [1.54, 1.807) is 18.5 Å². The Labute approximate surface area is 78.6 Å². The number of nitrogens with zero attached hydrogens (tertiary/aromatic N) is 2. The molecule has 1 rings (SSSR count). The third kappa shape index (κ3) is 1.71. The van der Waals surface area contributed by atoms with E-state index in [2.05, 4.69) is 32.6 Å². The lowest BCUT2D eigenvalue weighted by molar-refractivity contribution is 0.322. The second kappa shape index (κ2) is 4.01. The first-order chi connectivity index (χ1) is 5.79. The number of halogens is 1. The molecule has 0 atom stereocenters. The Bertz CT molecular complexity index is 323. The fourth-order valence-corrected chi connectivity index (χ4v) is 1.27. The number of hydrogen-bond acceptors (Lipinski definition) is 3. The van der Waals surface area contributed by atoms with Gasteiger partial charge in [0.2, 0.25) is 0 Å². The van der Waals surface area contributed by atoms with Crippen molar-refractivity contribution in [2.24, 2.45) is 5.16 Å². The van der Waals surface area contributed by atoms with Gasteiger partial charge < -0.3 is 5.21 Å². The molecule has 0 aliphatic heterocycles. The lowest BCUT2D eigenvalue weighted by atomic mass is 10.1. The van der Waals surface area contributed by atoms with Crippen LogP contribution in [0.25, 0.3) is 6.08 Å². The normalized spacial score (nSPS) is 10.4. The minimum absolute atomic E-state index is 0.766. The van der Waals surface area contributed by atoms with Gasteiger partial charge in [0, 0.05) is 28.0 Å². The van der Waals surface area contributed by atoms with Crippen LogP contribution in [0.15, 0.2) is 28.6 Å². The van der Waals surface area contributed by atoms with Crippen LogP contribution in [0.2, 0.25) is 0 Å². The fourth-order valence-electron chi connectivity index (χ4n) is 0.817. The standard InChI is InChI=1S/C8H7BrN2O/c1-2-6-3-10-5-8(9)7(6)4-11-12/h2-5,12H,1H2/b11-4+. The number of pyridine rings is 1. The summed E-state index contributed by atoms with van der Waals surface area (Å²) in [6.07, 6.45) is 6.26. The molecule has 0 bridgehead atoms. The Morgan fingerprint density at radius 2 is 2.33 bits per heavy atom. The Balaban J connectivity index is 3.28. The SMILES string of the molecule is C=Cc1cncc(Br)c1/C=N/O. The number of oxime groups is 1. The molecule has 0 radical (unpaired) electrons. The van der Waals surface area contributed by atoms with E-state index in [0.717, 1.165) is 15.6 Å². The largest absolute Gasteiger partial charge is 0.411 e. The quantitative estimate of drug-likeness (QED) is 0.478. The first-order valence-corrected chi connectivity index (χ1v) is 4.02. The number of hydrogen-bond donors (Lipinski definition) is 1. The van der Waals surface area contributed by atoms with Gasteiger partial charge >= 0.3 is 0 Å². The van der Waals surface area contributed by atoms with Crippen molar-refractivity contribution in [3.8, 4) is 0 Å². The molecule has 0 aromatic carbocycles. The highest BCUT2D eigenvalue weighted by molar-refractivity contribution is 9.10. The van der Waals surface area contributed by atoms with Crippen LogP contribution in [0.5, 0.6) is 0 Å². The van der Waals surface area contributed by atoms with Crippen LogP contribution in [-0.2, 0) is 0 Å². The first-order valence-electron chi connectivity index (χ1n) is 3.23. The molecule has 0 saturated heterocycles. The summed E-state index contributed by atoms with van der Waals surface area (Å²) in [6, 6.07) is 0. The van der Waals surface area contributed by atoms with Crippen molar-refractivity contribution >= 4 is 28.2 Å². The van der Waals surface area contributed by atoms with Crippen molar-refractivity contribution in [3.63, 3.8) is 0 Å². The maximum absolute atomic E-state index is 8.36. The Hall–Kier alpha value is -1.16. The lowest BCUT2D eigenvalue weighted by Crippen LogP contribution is -1.90. The summed E-state index contributed by atoms with van der Waals surface area (Å²) in [6.45, 7) is 3.61. The van der Waals surface area contributed by atoms with Crippen LogP contribution in [0.1, 0.15) is 11.1 Å². The van der Waals surface area contributed by atoms with Crippen LogP contribution >= 0.6 is 15.9 Å². The van der Waals surface area contributed by atoms with E-state index in [0.29, 0.717) is 0 Å². The van der Waals surface area contributed by atoms with Crippen LogP contribution < -0.4 is 0 Å². The summed E-state index contributed by atoms with van der Waals surface area (Å²) in [5.41, 5.74) is 1.59. The predicted octanol–water partition coefficient (Wildman–Crippen LogP) is 2.30. The van der Waals surface area contributed by atoms with Gasteiger partial charge in [-0.2, -0.15) is 0 Å². The molecule has 4 heteroatoms. The van der Waals surface area contributed by atoms with Gasteiger partial charge in [-0.05, 0) is 15.9 Å². The molecular formula is C8H7BrN2O. The summed E-state index contributed by atoms with van der Waals surface area (Å²) in [5.74, 6) is 0. The van der Waals surface area contributed by atoms with Crippen LogP contribution in [0, 0.1) is 0 Å². The molecule has 1 aromatic rings. The Morgan fingerprint density at radius 1 is 1.58 bits per heavy atom. The highest BCUT2D eigenvalue weighted by atomic mass is 79.9. The van der Waals surface area contributed by atoms with Crippen molar-refractivity contribution in [3.05, 3.63) is 34.6 Å². The summed E-state index contributed by atoms with van der Waals surface area (Å²) in [7, 11) is 0. The fraction of sp³-hybridized carbons (Fsp3) is 0. The molecule has 1 heterocycles. The van der Waals surface area contributed by atoms with Gasteiger partial charge in [-0.1, -0.05) is 17.8 Å². The molecule has 3 nitrogen and oxygen atoms in total. The van der Waals surface area contributed by atoms with Crippen molar-refractivity contribution in [2.45, 2.75) is 0 Å². The van der Waals surface area contributed by atoms with Gasteiger partial charge in [0.1, 0.15) is 0 Å². The monoisotopic (exact) mass is 226 g/mol. The zero-order chi connectivity index (χ0) is 8.97. The van der Waals surface area contributed by atoms with Crippen LogP contribution in [0.3, 0.4) is 0 Å². The Morgan fingerprint density at radius 3 is 2.92 bits per heavy atom. The van der Waals surface area contributed by atoms with Crippen molar-refractivity contribution in [1.29, 1.82) is 0 Å². The van der Waals surface area contributed by atoms with Gasteiger partial charge in [0.05, 0.1) is 6.21 Å². The third-order valence-electron chi connectivity index (χ3n) is 1.38. The van der Waals surface area contributed by atoms with E-state index in [9.17, 15) is 0 Å². The van der Waals surface area contributed by atoms with Crippen molar-refractivity contribution < 1.29 is 5.21 Å². The maximum Gasteiger partial charge on any atom is 0.0752 e. The maximum atomic E-state index is 8.36. The molecule has 0 unspecified atom stereocenters. The molecular weight excluding hydrogens is 220 g/mol. The van der Waals surface area contributed by atoms with Gasteiger partial charge in [-0.3, -0.25) is 4.98 Å². The van der Waals surface area contributed by atoms with E-state index in [4.69, 9.17) is 5.21 Å². The molecule has 0 aliphatic carbocycles. The molecule has 1 aromatic heterocycles. The summed E-state index contributed by atoms with van der Waals surface area (Å²) in [4.78, 5) is 3.94. The summed E-state index contributed by atoms with van der Waals surface area (Å²) >= 11 is 3.28. The molecule has 0 spiro atoms. The highest BCUT2D eigenvalue weighted by Gasteiger charge is 2.01. The molecule has 0 fully saturated rings. The van der Waals surface area contributed by atoms with E-state index in [-0.39, 0.29) is 0 Å². The molecule has 12 heavy (non-hydrogen) atoms. The minimum atomic E-state index is 0.766. The molecule has 62 valence electrons. The predicted molar refractivity (Wildman–Crippen MR) is 51.4 cm³/mol. The van der Waals surface area contributed by atoms with Crippen molar-refractivity contribution in [2.75, 3.05) is 0 Å². The van der Waals surface area contributed by atoms with Gasteiger partial charge in [-0.25, -0.2) is 0 Å². The van der Waals surface area contributed by atoms with E-state index in [1.807, 2.05) is 0 Å². The molecule has 1 N–H and O–H groups in total. The van der Waals surface area contributed by atoms with Crippen LogP contribution in [0.4, 0.5) is 0 Å². The second-order valence-corrected chi connectivity index (χ2v) is 2.93. The second-order valence-electron chi connectivity index (χ2n) is 2.07. The molecule has 0 amide bonds. The van der Waals surface area contributed by atoms with E-state index >= 15 is 0 Å². The zero-order valence-corrected chi connectivity index (χ0v) is 7.82. The van der Waals surface area contributed by atoms with E-state index < -0.39 is 0 Å². The van der Waals surface area contributed by atoms with Gasteiger partial charge in [0.25, 0.3) is 0 Å². The van der Waals surface area contributed by atoms with Crippen LogP contribution in [-0.4, -0.2) is 16.4 Å². The highest BCUT2D eigenvalue weighted by Crippen LogP contribution is 2.17.